The van der Waals surface area contributed by atoms with Gasteiger partial charge in [-0.25, -0.2) is 0 Å². The Morgan fingerprint density at radius 3 is 2.31 bits per heavy atom. The van der Waals surface area contributed by atoms with Crippen molar-refractivity contribution < 1.29 is 44.8 Å². The highest BCUT2D eigenvalue weighted by atomic mass is 16.6. The number of primary amides is 1. The molecule has 4 rings (SSSR count). The molecule has 0 radical (unpaired) electrons. The molecule has 0 saturated heterocycles. The first kappa shape index (κ1) is 24.3. The molecule has 0 fully saturated rings. The number of benzene rings is 1. The fraction of sp³-hybridized carbons (Fsp3) is 0.409. The molecule has 0 spiro atoms. The number of nitrogens with zero attached hydrogens (tertiary/aromatic N) is 2. The highest BCUT2D eigenvalue weighted by molar-refractivity contribution is 6.25. The summed E-state index contributed by atoms with van der Waals surface area (Å²) in [5.41, 5.74) is -0.641. The number of carbonyl (C=O) groups excluding carboxylic acids is 3. The van der Waals surface area contributed by atoms with Crippen molar-refractivity contribution in [2.75, 3.05) is 14.1 Å². The Bertz CT molecular complexity index is 1280. The van der Waals surface area contributed by atoms with Crippen molar-refractivity contribution in [2.24, 2.45) is 17.6 Å². The van der Waals surface area contributed by atoms with Gasteiger partial charge in [0.15, 0.2) is 11.4 Å². The SMILES string of the molecule is C[C@H]1c2c([N+](=O)[O-])ccc(O)c2C(=O)C2=C(O)[C@]3(O)C(=O)C(C(N)=O)=C(O)[C@@H](N(C)C)C3[C@@H](O)C21. The number of nitro benzene ring substituents is 1. The van der Waals surface area contributed by atoms with Gasteiger partial charge in [0.2, 0.25) is 5.78 Å². The zero-order valence-corrected chi connectivity index (χ0v) is 18.8. The molecule has 3 aliphatic rings. The minimum atomic E-state index is -3.04. The monoisotopic (exact) mass is 489 g/mol. The van der Waals surface area contributed by atoms with Gasteiger partial charge in [0.05, 0.1) is 28.6 Å². The Morgan fingerprint density at radius 1 is 1.20 bits per heavy atom. The third kappa shape index (κ3) is 2.89. The van der Waals surface area contributed by atoms with Crippen LogP contribution in [0.4, 0.5) is 5.69 Å². The standard InChI is InChI=1S/C22H23N3O10/c1-6-9-7(25(34)35)4-5-8(26)11(9)16(27)12-10(6)17(28)14-15(24(2)3)18(29)13(21(23)32)20(31)22(14,33)19(12)30/h4-6,10,14-15,17,26,28-30,33H,1-3H3,(H2,23,32)/t6-,10?,14?,15-,17-,22-/m0/s1. The Balaban J connectivity index is 2.09. The smallest absolute Gasteiger partial charge is 0.273 e. The quantitative estimate of drug-likeness (QED) is 0.181. The molecule has 0 heterocycles. The van der Waals surface area contributed by atoms with E-state index in [0.717, 1.165) is 12.1 Å². The highest BCUT2D eigenvalue weighted by Gasteiger charge is 2.67. The molecule has 1 aromatic rings. The minimum absolute atomic E-state index is 0.188. The number of nitro groups is 1. The van der Waals surface area contributed by atoms with Gasteiger partial charge in [0.25, 0.3) is 11.6 Å². The Labute approximate surface area is 197 Å². The van der Waals surface area contributed by atoms with Crippen LogP contribution in [0.1, 0.15) is 28.8 Å². The molecule has 0 aromatic heterocycles. The second-order valence-corrected chi connectivity index (χ2v) is 9.20. The maximum absolute atomic E-state index is 13.5. The summed E-state index contributed by atoms with van der Waals surface area (Å²) in [6.45, 7) is 1.42. The van der Waals surface area contributed by atoms with E-state index in [2.05, 4.69) is 0 Å². The van der Waals surface area contributed by atoms with Gasteiger partial charge in [0.1, 0.15) is 22.8 Å². The largest absolute Gasteiger partial charge is 0.510 e. The van der Waals surface area contributed by atoms with Crippen molar-refractivity contribution in [1.29, 1.82) is 0 Å². The number of fused-ring (bicyclic) bond motifs is 3. The maximum atomic E-state index is 13.5. The number of hydrogen-bond donors (Lipinski definition) is 6. The summed E-state index contributed by atoms with van der Waals surface area (Å²) in [6.07, 6.45) is -1.83. The van der Waals surface area contributed by atoms with Gasteiger partial charge in [-0.15, -0.1) is 0 Å². The lowest BCUT2D eigenvalue weighted by Gasteiger charge is -2.53. The number of aliphatic hydroxyl groups excluding tert-OH is 3. The molecule has 0 bridgehead atoms. The Kier molecular flexibility index (Phi) is 5.28. The van der Waals surface area contributed by atoms with Crippen molar-refractivity contribution >= 4 is 23.2 Å². The molecule has 35 heavy (non-hydrogen) atoms. The van der Waals surface area contributed by atoms with Crippen LogP contribution in [0.15, 0.2) is 34.8 Å². The van der Waals surface area contributed by atoms with E-state index in [0.29, 0.717) is 0 Å². The number of phenols is 1. The van der Waals surface area contributed by atoms with Crippen LogP contribution in [0.5, 0.6) is 5.75 Å². The third-order valence-electron chi connectivity index (χ3n) is 7.28. The molecule has 0 aliphatic heterocycles. The second-order valence-electron chi connectivity index (χ2n) is 9.20. The topological polar surface area (TPSA) is 225 Å². The van der Waals surface area contributed by atoms with E-state index in [-0.39, 0.29) is 5.56 Å². The first-order chi connectivity index (χ1) is 16.2. The number of ketones is 2. The number of aromatic hydroxyl groups is 1. The summed E-state index contributed by atoms with van der Waals surface area (Å²) in [7, 11) is 2.82. The number of carbonyl (C=O) groups is 3. The fourth-order valence-corrected chi connectivity index (χ4v) is 5.84. The molecule has 1 amide bonds. The number of Topliss-reactive ketones (excluding diaryl/α,β-unsaturated/α-hetero) is 2. The molecule has 3 aliphatic carbocycles. The first-order valence-electron chi connectivity index (χ1n) is 10.5. The van der Waals surface area contributed by atoms with Gasteiger partial charge >= 0.3 is 0 Å². The van der Waals surface area contributed by atoms with E-state index >= 15 is 0 Å². The molecule has 7 N–H and O–H groups in total. The summed E-state index contributed by atoms with van der Waals surface area (Å²) in [5.74, 6) is -10.8. The van der Waals surface area contributed by atoms with Crippen molar-refractivity contribution in [3.63, 3.8) is 0 Å². The van der Waals surface area contributed by atoms with Gasteiger partial charge in [-0.3, -0.25) is 29.4 Å². The molecular weight excluding hydrogens is 466 g/mol. The molecule has 186 valence electrons. The number of amides is 1. The predicted octanol–water partition coefficient (Wildman–Crippen LogP) is -0.439. The van der Waals surface area contributed by atoms with Crippen molar-refractivity contribution in [2.45, 2.75) is 30.6 Å². The molecule has 6 atom stereocenters. The first-order valence-corrected chi connectivity index (χ1v) is 10.5. The lowest BCUT2D eigenvalue weighted by atomic mass is 9.55. The highest BCUT2D eigenvalue weighted by Crippen LogP contribution is 2.56. The second kappa shape index (κ2) is 7.60. The molecule has 2 unspecified atom stereocenters. The van der Waals surface area contributed by atoms with Crippen molar-refractivity contribution in [1.82, 2.24) is 4.90 Å². The van der Waals surface area contributed by atoms with Crippen LogP contribution in [0.25, 0.3) is 0 Å². The summed E-state index contributed by atoms with van der Waals surface area (Å²) < 4.78 is 0. The molecule has 0 saturated carbocycles. The van der Waals surface area contributed by atoms with E-state index in [4.69, 9.17) is 5.73 Å². The molecule has 1 aromatic carbocycles. The minimum Gasteiger partial charge on any atom is -0.510 e. The van der Waals surface area contributed by atoms with E-state index in [1.54, 1.807) is 0 Å². The van der Waals surface area contributed by atoms with Crippen LogP contribution in [0.3, 0.4) is 0 Å². The maximum Gasteiger partial charge on any atom is 0.273 e. The number of likely N-dealkylation sites (N-methyl/N-ethyl adjacent to an activating group) is 1. The fourth-order valence-electron chi connectivity index (χ4n) is 5.84. The van der Waals surface area contributed by atoms with Crippen molar-refractivity contribution in [3.05, 3.63) is 56.0 Å². The van der Waals surface area contributed by atoms with Gasteiger partial charge in [-0.2, -0.15) is 0 Å². The number of rotatable bonds is 3. The van der Waals surface area contributed by atoms with Crippen LogP contribution in [-0.2, 0) is 9.59 Å². The van der Waals surface area contributed by atoms with Gasteiger partial charge < -0.3 is 31.3 Å². The van der Waals surface area contributed by atoms with E-state index in [9.17, 15) is 50.0 Å². The molecule has 13 heteroatoms. The average molecular weight is 489 g/mol. The number of nitrogens with two attached hydrogens (primary N) is 1. The number of aliphatic hydroxyl groups is 4. The van der Waals surface area contributed by atoms with Gasteiger partial charge in [-0.1, -0.05) is 6.92 Å². The average Bonchev–Trinajstić information content (AvgIpc) is 2.75. The van der Waals surface area contributed by atoms with E-state index in [1.807, 2.05) is 0 Å². The third-order valence-corrected chi connectivity index (χ3v) is 7.28. The van der Waals surface area contributed by atoms with E-state index in [1.165, 1.54) is 25.9 Å². The van der Waals surface area contributed by atoms with Crippen LogP contribution < -0.4 is 5.73 Å². The number of phenolic OH excluding ortho intramolecular Hbond substituents is 1. The molecular formula is C22H23N3O10. The normalized spacial score (nSPS) is 32.3. The van der Waals surface area contributed by atoms with Crippen LogP contribution in [0, 0.1) is 22.0 Å². The van der Waals surface area contributed by atoms with Crippen molar-refractivity contribution in [3.8, 4) is 5.75 Å². The summed E-state index contributed by atoms with van der Waals surface area (Å²) in [5, 5.41) is 66.9. The summed E-state index contributed by atoms with van der Waals surface area (Å²) in [4.78, 5) is 50.9. The lowest BCUT2D eigenvalue weighted by Crippen LogP contribution is -2.68. The predicted molar refractivity (Wildman–Crippen MR) is 116 cm³/mol. The van der Waals surface area contributed by atoms with Crippen LogP contribution >= 0.6 is 0 Å². The lowest BCUT2D eigenvalue weighted by molar-refractivity contribution is -0.385. The molecule has 13 nitrogen and oxygen atoms in total. The van der Waals surface area contributed by atoms with Crippen LogP contribution in [-0.4, -0.2) is 84.7 Å². The van der Waals surface area contributed by atoms with Gasteiger partial charge in [-0.05, 0) is 26.1 Å². The van der Waals surface area contributed by atoms with Gasteiger partial charge in [0, 0.05) is 23.1 Å². The zero-order valence-electron chi connectivity index (χ0n) is 18.8. The number of hydrogen-bond acceptors (Lipinski definition) is 11. The zero-order chi connectivity index (χ0) is 26.3. The summed E-state index contributed by atoms with van der Waals surface area (Å²) in [6, 6.07) is 0.510. The van der Waals surface area contributed by atoms with Crippen LogP contribution in [0.2, 0.25) is 0 Å². The Hall–Kier alpha value is -3.81. The Morgan fingerprint density at radius 2 is 1.80 bits per heavy atom. The van der Waals surface area contributed by atoms with E-state index < -0.39 is 97.6 Å². The summed E-state index contributed by atoms with van der Waals surface area (Å²) >= 11 is 0.